The van der Waals surface area contributed by atoms with E-state index in [0.717, 1.165) is 30.2 Å². The Labute approximate surface area is 228 Å². The summed E-state index contributed by atoms with van der Waals surface area (Å²) in [6.45, 7) is 4.87. The summed E-state index contributed by atoms with van der Waals surface area (Å²) in [5, 5.41) is 0.534. The summed E-state index contributed by atoms with van der Waals surface area (Å²) in [5.41, 5.74) is 0.734. The lowest BCUT2D eigenvalue weighted by molar-refractivity contribution is -0.122. The molecule has 1 saturated heterocycles. The van der Waals surface area contributed by atoms with Crippen molar-refractivity contribution >= 4 is 50.5 Å². The first-order valence-corrected chi connectivity index (χ1v) is 15.0. The molecule has 10 heteroatoms. The second-order valence-corrected chi connectivity index (χ2v) is 11.5. The molecule has 0 aliphatic carbocycles. The number of benzene rings is 2. The second-order valence-electron chi connectivity index (χ2n) is 8.49. The topological polar surface area (TPSA) is 85.3 Å². The maximum absolute atomic E-state index is 13.0. The minimum absolute atomic E-state index is 0.00668. The van der Waals surface area contributed by atoms with Gasteiger partial charge in [-0.25, -0.2) is 0 Å². The van der Waals surface area contributed by atoms with E-state index in [-0.39, 0.29) is 22.5 Å². The van der Waals surface area contributed by atoms with E-state index in [0.29, 0.717) is 28.0 Å². The van der Waals surface area contributed by atoms with Crippen LogP contribution in [0.25, 0.3) is 6.08 Å². The van der Waals surface area contributed by atoms with Crippen LogP contribution in [0.3, 0.4) is 0 Å². The molecule has 0 saturated carbocycles. The number of carbonyl (C=O) groups is 1. The quantitative estimate of drug-likeness (QED) is 0.197. The number of amides is 1. The Morgan fingerprint density at radius 3 is 2.38 bits per heavy atom. The van der Waals surface area contributed by atoms with Crippen LogP contribution in [0.5, 0.6) is 11.5 Å². The van der Waals surface area contributed by atoms with Gasteiger partial charge in [-0.3, -0.25) is 9.69 Å². The van der Waals surface area contributed by atoms with Crippen LogP contribution in [0, 0.1) is 0 Å². The zero-order valence-corrected chi connectivity index (χ0v) is 23.8. The van der Waals surface area contributed by atoms with Gasteiger partial charge in [-0.2, -0.15) is 8.42 Å². The Kier molecular flexibility index (Phi) is 10.9. The highest BCUT2D eigenvalue weighted by molar-refractivity contribution is 8.19. The number of ether oxygens (including phenoxy) is 2. The molecule has 3 rings (SSSR count). The van der Waals surface area contributed by atoms with Gasteiger partial charge >= 0.3 is 0 Å². The van der Waals surface area contributed by atoms with Crippen LogP contribution in [-0.2, 0) is 14.8 Å². The molecule has 1 fully saturated rings. The zero-order chi connectivity index (χ0) is 26.8. The number of carbonyl (C=O) groups excluding carboxylic acids is 1. The van der Waals surface area contributed by atoms with Crippen LogP contribution >= 0.6 is 23.4 Å². The van der Waals surface area contributed by atoms with Crippen molar-refractivity contribution in [3.05, 3.63) is 58.0 Å². The van der Waals surface area contributed by atoms with Gasteiger partial charge in [0.05, 0.1) is 23.5 Å². The van der Waals surface area contributed by atoms with Gasteiger partial charge in [0.2, 0.25) is 0 Å². The highest BCUT2D eigenvalue weighted by Gasteiger charge is 2.34. The van der Waals surface area contributed by atoms with Crippen molar-refractivity contribution in [1.29, 1.82) is 0 Å². The third kappa shape index (κ3) is 7.99. The maximum Gasteiger partial charge on any atom is 0.284 e. The van der Waals surface area contributed by atoms with E-state index in [1.807, 2.05) is 12.1 Å². The number of hydrogen-bond acceptors (Lipinski definition) is 6. The Balaban J connectivity index is 1.73. The van der Waals surface area contributed by atoms with Crippen molar-refractivity contribution in [1.82, 2.24) is 4.90 Å². The van der Waals surface area contributed by atoms with Gasteiger partial charge in [-0.05, 0) is 73.1 Å². The van der Waals surface area contributed by atoms with E-state index < -0.39 is 10.0 Å². The van der Waals surface area contributed by atoms with Gasteiger partial charge in [0.15, 0.2) is 16.7 Å². The second kappa shape index (κ2) is 13.9. The minimum Gasteiger partial charge on any atom is -0.493 e. The third-order valence-electron chi connectivity index (χ3n) is 5.75. The summed E-state index contributed by atoms with van der Waals surface area (Å²) in [6, 6.07) is 11.2. The summed E-state index contributed by atoms with van der Waals surface area (Å²) in [5.74, 6) is 0.914. The lowest BCUT2D eigenvalue weighted by atomic mass is 10.1. The van der Waals surface area contributed by atoms with Crippen molar-refractivity contribution < 1.29 is 22.7 Å². The van der Waals surface area contributed by atoms with Gasteiger partial charge in [0, 0.05) is 11.6 Å². The van der Waals surface area contributed by atoms with Crippen molar-refractivity contribution in [2.45, 2.75) is 57.3 Å². The third-order valence-corrected chi connectivity index (χ3v) is 8.41. The van der Waals surface area contributed by atoms with Crippen LogP contribution in [0.2, 0.25) is 5.02 Å². The monoisotopic (exact) mass is 564 g/mol. The lowest BCUT2D eigenvalue weighted by Crippen LogP contribution is -2.29. The molecule has 0 aromatic heterocycles. The van der Waals surface area contributed by atoms with Crippen LogP contribution in [0.15, 0.2) is 56.7 Å². The number of halogens is 1. The average molecular weight is 565 g/mol. The molecule has 0 radical (unpaired) electrons. The fourth-order valence-electron chi connectivity index (χ4n) is 3.73. The lowest BCUT2D eigenvalue weighted by Gasteiger charge is -2.12. The number of amidine groups is 1. The smallest absolute Gasteiger partial charge is 0.284 e. The Morgan fingerprint density at radius 2 is 1.70 bits per heavy atom. The predicted octanol–water partition coefficient (Wildman–Crippen LogP) is 6.77. The molecule has 0 bridgehead atoms. The number of thioether (sulfide) groups is 1. The van der Waals surface area contributed by atoms with Gasteiger partial charge in [-0.1, -0.05) is 56.7 Å². The molecular weight excluding hydrogens is 532 g/mol. The van der Waals surface area contributed by atoms with Gasteiger partial charge in [0.25, 0.3) is 15.9 Å². The van der Waals surface area contributed by atoms with Crippen LogP contribution in [0.1, 0.15) is 57.9 Å². The van der Waals surface area contributed by atoms with Gasteiger partial charge < -0.3 is 9.47 Å². The van der Waals surface area contributed by atoms with Crippen molar-refractivity contribution in [3.8, 4) is 11.5 Å². The number of nitrogens with zero attached hydrogens (tertiary/aromatic N) is 2. The molecule has 1 aliphatic rings. The summed E-state index contributed by atoms with van der Waals surface area (Å²) in [4.78, 5) is 14.7. The molecule has 0 spiro atoms. The van der Waals surface area contributed by atoms with E-state index in [4.69, 9.17) is 21.1 Å². The maximum atomic E-state index is 13.0. The predicted molar refractivity (Wildman–Crippen MR) is 151 cm³/mol. The summed E-state index contributed by atoms with van der Waals surface area (Å²) >= 11 is 6.89. The van der Waals surface area contributed by atoms with Gasteiger partial charge in [0.1, 0.15) is 0 Å². The Hall–Kier alpha value is -2.49. The van der Waals surface area contributed by atoms with Crippen LogP contribution < -0.4 is 9.47 Å². The fraction of sp³-hybridized carbons (Fsp3) is 0.407. The summed E-state index contributed by atoms with van der Waals surface area (Å²) < 4.78 is 41.0. The molecule has 1 amide bonds. The van der Waals surface area contributed by atoms with E-state index in [2.05, 4.69) is 11.3 Å². The Morgan fingerprint density at radius 1 is 1.00 bits per heavy atom. The summed E-state index contributed by atoms with van der Waals surface area (Å²) in [7, 11) is -2.43. The molecule has 0 N–H and O–H groups in total. The average Bonchev–Trinajstić information content (AvgIpc) is 3.16. The molecule has 2 aromatic carbocycles. The minimum atomic E-state index is -4.01. The normalized spacial score (nSPS) is 16.1. The van der Waals surface area contributed by atoms with Gasteiger partial charge in [-0.15, -0.1) is 4.40 Å². The number of hydrogen-bond donors (Lipinski definition) is 0. The van der Waals surface area contributed by atoms with E-state index in [1.165, 1.54) is 54.8 Å². The van der Waals surface area contributed by atoms with E-state index in [9.17, 15) is 13.2 Å². The highest BCUT2D eigenvalue weighted by Crippen LogP contribution is 2.35. The Bertz CT molecular complexity index is 1240. The number of sulfonamides is 1. The van der Waals surface area contributed by atoms with Crippen molar-refractivity contribution in [3.63, 3.8) is 0 Å². The molecule has 37 heavy (non-hydrogen) atoms. The molecule has 1 aliphatic heterocycles. The number of rotatable bonds is 13. The number of methoxy groups -OCH3 is 1. The zero-order valence-electron chi connectivity index (χ0n) is 21.4. The SMILES string of the molecule is CCCCCCCCOc1ccc(/C=C2\S/C(=N/S(=O)(=O)c3ccc(Cl)cc3)N(CC)C2=O)cc1OC. The molecule has 0 atom stereocenters. The molecule has 7 nitrogen and oxygen atoms in total. The standard InChI is InChI=1S/C27H33ClN2O5S2/c1-4-6-7-8-9-10-17-35-23-16-11-20(18-24(23)34-3)19-25-26(31)30(5-2)27(36-25)29-37(32,33)22-14-12-21(28)13-15-22/h11-16,18-19H,4-10,17H2,1-3H3/b25-19-,29-27+. The summed E-state index contributed by atoms with van der Waals surface area (Å²) in [6.07, 6.45) is 8.80. The molecule has 0 unspecified atom stereocenters. The van der Waals surface area contributed by atoms with E-state index >= 15 is 0 Å². The van der Waals surface area contributed by atoms with Crippen LogP contribution in [0.4, 0.5) is 0 Å². The highest BCUT2D eigenvalue weighted by atomic mass is 35.5. The number of likely N-dealkylation sites (N-methyl/N-ethyl adjacent to an activating group) is 1. The van der Waals surface area contributed by atoms with Crippen LogP contribution in [-0.4, -0.2) is 44.7 Å². The molecule has 1 heterocycles. The largest absolute Gasteiger partial charge is 0.493 e. The molecule has 200 valence electrons. The first-order valence-electron chi connectivity index (χ1n) is 12.4. The van der Waals surface area contributed by atoms with Crippen molar-refractivity contribution in [2.24, 2.45) is 4.40 Å². The first kappa shape index (κ1) is 29.1. The van der Waals surface area contributed by atoms with E-state index in [1.54, 1.807) is 26.2 Å². The fourth-order valence-corrected chi connectivity index (χ4v) is 6.10. The molecule has 2 aromatic rings. The number of unbranched alkanes of at least 4 members (excludes halogenated alkanes) is 5. The first-order chi connectivity index (χ1) is 17.8. The van der Waals surface area contributed by atoms with Crippen molar-refractivity contribution in [2.75, 3.05) is 20.3 Å². The molecular formula is C27H33ClN2O5S2.